The third kappa shape index (κ3) is 4.40. The topological polar surface area (TPSA) is 74.8 Å². The lowest BCUT2D eigenvalue weighted by molar-refractivity contribution is 0.415. The lowest BCUT2D eigenvalue weighted by atomic mass is 10.0. The Bertz CT molecular complexity index is 898. The highest BCUT2D eigenvalue weighted by Crippen LogP contribution is 2.31. The van der Waals surface area contributed by atoms with Gasteiger partial charge in [-0.25, -0.2) is 0 Å². The number of nitrogens with one attached hydrogen (secondary N) is 1. The van der Waals surface area contributed by atoms with Crippen molar-refractivity contribution < 1.29 is 13.2 Å². The summed E-state index contributed by atoms with van der Waals surface area (Å²) in [6.45, 7) is 2.92. The van der Waals surface area contributed by atoms with E-state index < -0.39 is 10.2 Å². The zero-order chi connectivity index (χ0) is 19.6. The molecule has 146 valence electrons. The average Bonchev–Trinajstić information content (AvgIpc) is 3.13. The first-order chi connectivity index (χ1) is 12.8. The van der Waals surface area contributed by atoms with Crippen LogP contribution >= 0.6 is 0 Å². The number of aromatic nitrogens is 1. The molecule has 27 heavy (non-hydrogen) atoms. The number of benzene rings is 1. The summed E-state index contributed by atoms with van der Waals surface area (Å²) in [5, 5.41) is 3.38. The van der Waals surface area contributed by atoms with Gasteiger partial charge >= 0.3 is 0 Å². The maximum atomic E-state index is 12.3. The molecule has 0 unspecified atom stereocenters. The molecule has 2 heterocycles. The molecule has 0 aliphatic carbocycles. The molecule has 1 saturated heterocycles. The third-order valence-electron chi connectivity index (χ3n) is 4.71. The van der Waals surface area contributed by atoms with Crippen molar-refractivity contribution in [2.45, 2.75) is 19.3 Å². The lowest BCUT2D eigenvalue weighted by Crippen LogP contribution is -2.38. The smallest absolute Gasteiger partial charge is 0.281 e. The first kappa shape index (κ1) is 19.6. The fourth-order valence-electron chi connectivity index (χ4n) is 3.23. The van der Waals surface area contributed by atoms with Gasteiger partial charge in [-0.2, -0.15) is 17.0 Å². The maximum absolute atomic E-state index is 12.3. The lowest BCUT2D eigenvalue weighted by Gasteiger charge is -2.21. The molecule has 1 aromatic heterocycles. The molecule has 2 aromatic rings. The molecule has 1 aliphatic rings. The van der Waals surface area contributed by atoms with E-state index in [1.165, 1.54) is 8.61 Å². The monoisotopic (exact) mass is 390 g/mol. The first-order valence-electron chi connectivity index (χ1n) is 8.87. The number of aryl methyl sites for hydroxylation is 1. The minimum Gasteiger partial charge on any atom is -0.497 e. The Kier molecular flexibility index (Phi) is 5.69. The van der Waals surface area contributed by atoms with Gasteiger partial charge in [0.05, 0.1) is 7.11 Å². The van der Waals surface area contributed by atoms with Crippen molar-refractivity contribution in [1.29, 1.82) is 0 Å². The summed E-state index contributed by atoms with van der Waals surface area (Å²) in [5.41, 5.74) is 3.71. The highest BCUT2D eigenvalue weighted by Gasteiger charge is 2.34. The van der Waals surface area contributed by atoms with E-state index in [-0.39, 0.29) is 5.92 Å². The fourth-order valence-corrected chi connectivity index (χ4v) is 4.39. The Morgan fingerprint density at radius 3 is 2.52 bits per heavy atom. The van der Waals surface area contributed by atoms with Crippen molar-refractivity contribution in [3.8, 4) is 5.75 Å². The summed E-state index contributed by atoms with van der Waals surface area (Å²) in [4.78, 5) is 4.65. The van der Waals surface area contributed by atoms with E-state index in [2.05, 4.69) is 10.3 Å². The molecule has 1 aliphatic heterocycles. The minimum atomic E-state index is -3.38. The van der Waals surface area contributed by atoms with Crippen molar-refractivity contribution in [2.75, 3.05) is 39.6 Å². The van der Waals surface area contributed by atoms with Crippen molar-refractivity contribution in [3.05, 3.63) is 47.8 Å². The molecule has 3 rings (SSSR count). The summed E-state index contributed by atoms with van der Waals surface area (Å²) in [5.74, 6) is 0.899. The number of ether oxygens (including phenoxy) is 1. The van der Waals surface area contributed by atoms with Crippen LogP contribution in [0.15, 0.2) is 36.4 Å². The van der Waals surface area contributed by atoms with E-state index >= 15 is 0 Å². The van der Waals surface area contributed by atoms with Crippen LogP contribution in [0.5, 0.6) is 5.75 Å². The van der Waals surface area contributed by atoms with E-state index in [0.29, 0.717) is 13.1 Å². The van der Waals surface area contributed by atoms with Gasteiger partial charge in [-0.05, 0) is 49.7 Å². The van der Waals surface area contributed by atoms with Crippen LogP contribution in [0, 0.1) is 6.92 Å². The Morgan fingerprint density at radius 2 is 1.89 bits per heavy atom. The van der Waals surface area contributed by atoms with Crippen LogP contribution in [0.4, 0.5) is 11.4 Å². The number of nitrogens with zero attached hydrogens (tertiary/aromatic N) is 3. The summed E-state index contributed by atoms with van der Waals surface area (Å²) < 4.78 is 32.7. The highest BCUT2D eigenvalue weighted by molar-refractivity contribution is 7.86. The van der Waals surface area contributed by atoms with E-state index in [0.717, 1.165) is 34.9 Å². The zero-order valence-electron chi connectivity index (χ0n) is 16.1. The van der Waals surface area contributed by atoms with Gasteiger partial charge in [-0.1, -0.05) is 0 Å². The molecule has 1 fully saturated rings. The molecule has 0 spiro atoms. The number of rotatable bonds is 6. The van der Waals surface area contributed by atoms with Crippen LogP contribution in [0.2, 0.25) is 0 Å². The van der Waals surface area contributed by atoms with Gasteiger partial charge in [0.25, 0.3) is 10.2 Å². The Morgan fingerprint density at radius 1 is 1.19 bits per heavy atom. The molecule has 8 heteroatoms. The van der Waals surface area contributed by atoms with Crippen LogP contribution in [0.25, 0.3) is 0 Å². The number of hydrogen-bond acceptors (Lipinski definition) is 5. The summed E-state index contributed by atoms with van der Waals surface area (Å²) in [7, 11) is 1.38. The van der Waals surface area contributed by atoms with Gasteiger partial charge < -0.3 is 10.1 Å². The molecule has 0 amide bonds. The van der Waals surface area contributed by atoms with Crippen LogP contribution in [-0.4, -0.2) is 56.3 Å². The molecule has 1 atom stereocenters. The second-order valence-corrected chi connectivity index (χ2v) is 9.05. The van der Waals surface area contributed by atoms with Crippen LogP contribution in [0.3, 0.4) is 0 Å². The fraction of sp³-hybridized carbons (Fsp3) is 0.421. The Hall–Kier alpha value is -2.16. The maximum Gasteiger partial charge on any atom is 0.281 e. The standard InChI is InChI=1S/C19H26N4O3S/c1-14-11-17(21-16-5-7-18(26-4)8-6-16)12-19(20-14)15-9-10-23(13-15)27(24,25)22(2)3/h5-8,11-12,15H,9-10,13H2,1-4H3,(H,20,21)/t15-/m1/s1. The van der Waals surface area contributed by atoms with E-state index in [4.69, 9.17) is 4.74 Å². The molecule has 7 nitrogen and oxygen atoms in total. The summed E-state index contributed by atoms with van der Waals surface area (Å²) in [6, 6.07) is 11.7. The number of hydrogen-bond donors (Lipinski definition) is 1. The highest BCUT2D eigenvalue weighted by atomic mass is 32.2. The van der Waals surface area contributed by atoms with Crippen molar-refractivity contribution in [3.63, 3.8) is 0 Å². The second kappa shape index (κ2) is 7.84. The molecule has 0 radical (unpaired) electrons. The Labute approximate surface area is 161 Å². The van der Waals surface area contributed by atoms with Gasteiger partial charge in [0.2, 0.25) is 0 Å². The predicted octanol–water partition coefficient (Wildman–Crippen LogP) is 2.74. The van der Waals surface area contributed by atoms with Gasteiger partial charge in [-0.3, -0.25) is 4.98 Å². The minimum absolute atomic E-state index is 0.0936. The third-order valence-corrected chi connectivity index (χ3v) is 6.62. The average molecular weight is 391 g/mol. The largest absolute Gasteiger partial charge is 0.497 e. The predicted molar refractivity (Wildman–Crippen MR) is 107 cm³/mol. The number of methoxy groups -OCH3 is 1. The first-order valence-corrected chi connectivity index (χ1v) is 10.3. The zero-order valence-corrected chi connectivity index (χ0v) is 17.0. The molecule has 0 saturated carbocycles. The summed E-state index contributed by atoms with van der Waals surface area (Å²) in [6.07, 6.45) is 0.769. The molecule has 0 bridgehead atoms. The normalized spacial score (nSPS) is 18.0. The number of anilines is 2. The van der Waals surface area contributed by atoms with Crippen molar-refractivity contribution >= 4 is 21.6 Å². The molecular formula is C19H26N4O3S. The van der Waals surface area contributed by atoms with E-state index in [1.54, 1.807) is 21.2 Å². The van der Waals surface area contributed by atoms with Crippen LogP contribution in [-0.2, 0) is 10.2 Å². The van der Waals surface area contributed by atoms with Gasteiger partial charge in [-0.15, -0.1) is 0 Å². The molecular weight excluding hydrogens is 364 g/mol. The Balaban J connectivity index is 1.77. The SMILES string of the molecule is COc1ccc(Nc2cc(C)nc([C@@H]3CCN(S(=O)(=O)N(C)C)C3)c2)cc1. The van der Waals surface area contributed by atoms with E-state index in [1.807, 2.05) is 43.3 Å². The van der Waals surface area contributed by atoms with Gasteiger partial charge in [0.1, 0.15) is 5.75 Å². The van der Waals surface area contributed by atoms with Crippen LogP contribution < -0.4 is 10.1 Å². The van der Waals surface area contributed by atoms with Crippen molar-refractivity contribution in [2.24, 2.45) is 0 Å². The molecule has 1 aromatic carbocycles. The number of pyridine rings is 1. The second-order valence-electron chi connectivity index (χ2n) is 6.91. The molecule has 1 N–H and O–H groups in total. The van der Waals surface area contributed by atoms with Gasteiger partial charge in [0.15, 0.2) is 0 Å². The van der Waals surface area contributed by atoms with E-state index in [9.17, 15) is 8.42 Å². The quantitative estimate of drug-likeness (QED) is 0.821. The van der Waals surface area contributed by atoms with Gasteiger partial charge in [0, 0.05) is 55.9 Å². The summed E-state index contributed by atoms with van der Waals surface area (Å²) >= 11 is 0. The van der Waals surface area contributed by atoms with Crippen molar-refractivity contribution in [1.82, 2.24) is 13.6 Å². The van der Waals surface area contributed by atoms with Crippen LogP contribution in [0.1, 0.15) is 23.7 Å².